The molecule has 1 aromatic rings. The summed E-state index contributed by atoms with van der Waals surface area (Å²) >= 11 is 5.35. The van der Waals surface area contributed by atoms with Gasteiger partial charge in [-0.1, -0.05) is 0 Å². The Hall–Kier alpha value is -1.36. The normalized spacial score (nSPS) is 9.18. The summed E-state index contributed by atoms with van der Waals surface area (Å²) in [7, 11) is 0. The summed E-state index contributed by atoms with van der Waals surface area (Å²) in [6, 6.07) is 0. The molecular formula is C5H4ClN3O2. The molecular weight excluding hydrogens is 170 g/mol. The van der Waals surface area contributed by atoms with E-state index in [1.807, 2.05) is 0 Å². The molecule has 58 valence electrons. The molecule has 6 heteroatoms. The fourth-order valence-corrected chi connectivity index (χ4v) is 0.598. The van der Waals surface area contributed by atoms with Crippen LogP contribution in [0.1, 0.15) is 0 Å². The fraction of sp³-hybridized carbons (Fsp3) is 0. The van der Waals surface area contributed by atoms with Gasteiger partial charge in [0.15, 0.2) is 0 Å². The van der Waals surface area contributed by atoms with Crippen molar-refractivity contribution in [2.24, 2.45) is 0 Å². The van der Waals surface area contributed by atoms with Gasteiger partial charge in [0, 0.05) is 0 Å². The van der Waals surface area contributed by atoms with E-state index in [1.54, 1.807) is 0 Å². The summed E-state index contributed by atoms with van der Waals surface area (Å²) < 4.78 is 0. The molecule has 0 fully saturated rings. The van der Waals surface area contributed by atoms with E-state index in [0.29, 0.717) is 5.69 Å². The highest BCUT2D eigenvalue weighted by Gasteiger charge is 1.97. The second kappa shape index (κ2) is 3.16. The van der Waals surface area contributed by atoms with Gasteiger partial charge in [-0.05, 0) is 11.6 Å². The van der Waals surface area contributed by atoms with Gasteiger partial charge in [0.05, 0.1) is 18.1 Å². The van der Waals surface area contributed by atoms with Gasteiger partial charge >= 0.3 is 6.09 Å². The molecule has 1 amide bonds. The molecule has 0 saturated heterocycles. The average molecular weight is 174 g/mol. The summed E-state index contributed by atoms with van der Waals surface area (Å²) in [5.41, 5.74) is 0.293. The smallest absolute Gasteiger partial charge is 0.409 e. The lowest BCUT2D eigenvalue weighted by atomic mass is 10.5. The standard InChI is InChI=1S/C5H4ClN3O2/c6-4-7-1-3(2-8-4)9-5(10)11/h1-2,9H,(H,10,11). The van der Waals surface area contributed by atoms with Gasteiger partial charge in [0.1, 0.15) is 0 Å². The number of rotatable bonds is 1. The number of halogens is 1. The second-order valence-corrected chi connectivity index (χ2v) is 2.01. The summed E-state index contributed by atoms with van der Waals surface area (Å²) in [6.07, 6.45) is 1.41. The topological polar surface area (TPSA) is 75.1 Å². The Kier molecular flexibility index (Phi) is 2.22. The van der Waals surface area contributed by atoms with E-state index < -0.39 is 6.09 Å². The number of nitrogens with one attached hydrogen (secondary N) is 1. The third-order valence-electron chi connectivity index (χ3n) is 0.872. The van der Waals surface area contributed by atoms with Crippen molar-refractivity contribution in [1.82, 2.24) is 9.97 Å². The van der Waals surface area contributed by atoms with Crippen molar-refractivity contribution in [1.29, 1.82) is 0 Å². The second-order valence-electron chi connectivity index (χ2n) is 1.67. The third-order valence-corrected chi connectivity index (χ3v) is 1.07. The molecule has 0 bridgehead atoms. The van der Waals surface area contributed by atoms with Crippen LogP contribution in [-0.4, -0.2) is 21.2 Å². The predicted molar refractivity (Wildman–Crippen MR) is 38.7 cm³/mol. The van der Waals surface area contributed by atoms with Crippen LogP contribution in [0.4, 0.5) is 10.5 Å². The highest BCUT2D eigenvalue weighted by atomic mass is 35.5. The van der Waals surface area contributed by atoms with Crippen LogP contribution in [0.25, 0.3) is 0 Å². The first-order valence-electron chi connectivity index (χ1n) is 2.66. The van der Waals surface area contributed by atoms with Crippen LogP contribution >= 0.6 is 11.6 Å². The van der Waals surface area contributed by atoms with Crippen LogP contribution in [-0.2, 0) is 0 Å². The van der Waals surface area contributed by atoms with Crippen LogP contribution in [0.2, 0.25) is 5.28 Å². The molecule has 1 heterocycles. The lowest BCUT2D eigenvalue weighted by Gasteiger charge is -1.96. The molecule has 5 nitrogen and oxygen atoms in total. The number of hydrogen-bond donors (Lipinski definition) is 2. The zero-order valence-corrected chi connectivity index (χ0v) is 6.04. The highest BCUT2D eigenvalue weighted by molar-refractivity contribution is 6.28. The molecule has 1 aromatic heterocycles. The Balaban J connectivity index is 2.74. The van der Waals surface area contributed by atoms with Crippen LogP contribution in [0, 0.1) is 0 Å². The van der Waals surface area contributed by atoms with Crippen molar-refractivity contribution >= 4 is 23.4 Å². The van der Waals surface area contributed by atoms with Crippen LogP contribution in [0.15, 0.2) is 12.4 Å². The Bertz CT molecular complexity index is 261. The minimum atomic E-state index is -1.16. The maximum absolute atomic E-state index is 10.1. The Morgan fingerprint density at radius 1 is 1.55 bits per heavy atom. The maximum Gasteiger partial charge on any atom is 0.409 e. The monoisotopic (exact) mass is 173 g/mol. The lowest BCUT2D eigenvalue weighted by Crippen LogP contribution is -2.07. The first-order valence-corrected chi connectivity index (χ1v) is 3.04. The van der Waals surface area contributed by atoms with E-state index in [-0.39, 0.29) is 5.28 Å². The summed E-state index contributed by atoms with van der Waals surface area (Å²) in [6.45, 7) is 0. The zero-order chi connectivity index (χ0) is 8.27. The molecule has 2 N–H and O–H groups in total. The molecule has 1 rings (SSSR count). The van der Waals surface area contributed by atoms with Crippen molar-refractivity contribution in [3.05, 3.63) is 17.7 Å². The van der Waals surface area contributed by atoms with E-state index in [0.717, 1.165) is 0 Å². The largest absolute Gasteiger partial charge is 0.465 e. The van der Waals surface area contributed by atoms with E-state index in [9.17, 15) is 4.79 Å². The van der Waals surface area contributed by atoms with Crippen LogP contribution in [0.3, 0.4) is 0 Å². The van der Waals surface area contributed by atoms with Gasteiger partial charge in [0.25, 0.3) is 0 Å². The molecule has 0 aliphatic heterocycles. The number of amides is 1. The van der Waals surface area contributed by atoms with Crippen molar-refractivity contribution in [2.75, 3.05) is 5.32 Å². The van der Waals surface area contributed by atoms with Gasteiger partial charge in [-0.3, -0.25) is 5.32 Å². The fourth-order valence-electron chi connectivity index (χ4n) is 0.500. The highest BCUT2D eigenvalue weighted by Crippen LogP contribution is 2.04. The Morgan fingerprint density at radius 2 is 2.09 bits per heavy atom. The van der Waals surface area contributed by atoms with Crippen molar-refractivity contribution in [3.63, 3.8) is 0 Å². The number of aromatic nitrogens is 2. The first kappa shape index (κ1) is 7.74. The lowest BCUT2D eigenvalue weighted by molar-refractivity contribution is 0.209. The minimum absolute atomic E-state index is 0.0842. The molecule has 11 heavy (non-hydrogen) atoms. The first-order chi connectivity index (χ1) is 5.18. The molecule has 0 aromatic carbocycles. The maximum atomic E-state index is 10.1. The van der Waals surface area contributed by atoms with Crippen LogP contribution < -0.4 is 5.32 Å². The van der Waals surface area contributed by atoms with Crippen molar-refractivity contribution in [3.8, 4) is 0 Å². The Morgan fingerprint density at radius 3 is 2.55 bits per heavy atom. The van der Waals surface area contributed by atoms with Crippen molar-refractivity contribution in [2.45, 2.75) is 0 Å². The quantitative estimate of drug-likeness (QED) is 0.626. The van der Waals surface area contributed by atoms with E-state index in [2.05, 4.69) is 15.3 Å². The molecule has 0 aliphatic carbocycles. The van der Waals surface area contributed by atoms with Gasteiger partial charge in [-0.2, -0.15) is 0 Å². The van der Waals surface area contributed by atoms with E-state index >= 15 is 0 Å². The molecule has 0 saturated carbocycles. The number of carbonyl (C=O) groups is 1. The minimum Gasteiger partial charge on any atom is -0.465 e. The number of anilines is 1. The average Bonchev–Trinajstić information content (AvgIpc) is 1.93. The van der Waals surface area contributed by atoms with Crippen molar-refractivity contribution < 1.29 is 9.90 Å². The summed E-state index contributed by atoms with van der Waals surface area (Å²) in [5, 5.41) is 10.4. The number of carboxylic acid groups (broad SMARTS) is 1. The predicted octanol–water partition coefficient (Wildman–Crippen LogP) is 1.22. The van der Waals surface area contributed by atoms with Gasteiger partial charge in [-0.25, -0.2) is 14.8 Å². The Labute approximate surface area is 67.0 Å². The number of hydrogen-bond acceptors (Lipinski definition) is 3. The zero-order valence-electron chi connectivity index (χ0n) is 5.28. The molecule has 0 aliphatic rings. The third kappa shape index (κ3) is 2.38. The molecule has 0 atom stereocenters. The van der Waals surface area contributed by atoms with E-state index in [4.69, 9.17) is 16.7 Å². The van der Waals surface area contributed by atoms with Gasteiger partial charge in [-0.15, -0.1) is 0 Å². The SMILES string of the molecule is O=C(O)Nc1cnc(Cl)nc1. The molecule has 0 unspecified atom stereocenters. The number of nitrogens with zero attached hydrogens (tertiary/aromatic N) is 2. The summed E-state index contributed by atoms with van der Waals surface area (Å²) in [4.78, 5) is 17.2. The van der Waals surface area contributed by atoms with Gasteiger partial charge < -0.3 is 5.11 Å². The summed E-state index contributed by atoms with van der Waals surface area (Å²) in [5.74, 6) is 0. The molecule has 0 radical (unpaired) electrons. The van der Waals surface area contributed by atoms with E-state index in [1.165, 1.54) is 12.4 Å². The molecule has 0 spiro atoms. The van der Waals surface area contributed by atoms with Crippen LogP contribution in [0.5, 0.6) is 0 Å². The van der Waals surface area contributed by atoms with Gasteiger partial charge in [0.2, 0.25) is 5.28 Å².